The number of carboxylic acid groups (broad SMARTS) is 1. The van der Waals surface area contributed by atoms with Crippen LogP contribution < -0.4 is 0 Å². The lowest BCUT2D eigenvalue weighted by Gasteiger charge is -2.34. The van der Waals surface area contributed by atoms with E-state index in [0.717, 1.165) is 16.7 Å². The van der Waals surface area contributed by atoms with Crippen LogP contribution in [0.25, 0.3) is 17.1 Å². The molecule has 0 radical (unpaired) electrons. The van der Waals surface area contributed by atoms with Gasteiger partial charge in [-0.25, -0.2) is 14.5 Å². The Bertz CT molecular complexity index is 1230. The molecule has 5 rings (SSSR count). The Labute approximate surface area is 184 Å². The van der Waals surface area contributed by atoms with Crippen LogP contribution in [0.15, 0.2) is 85.1 Å². The van der Waals surface area contributed by atoms with Gasteiger partial charge in [-0.05, 0) is 29.3 Å². The number of nitrogens with zero attached hydrogens (tertiary/aromatic N) is 4. The minimum Gasteiger partial charge on any atom is -0.480 e. The summed E-state index contributed by atoms with van der Waals surface area (Å²) in [7, 11) is 0. The summed E-state index contributed by atoms with van der Waals surface area (Å²) in [5.41, 5.74) is 3.67. The molecule has 2 aromatic carbocycles. The molecule has 32 heavy (non-hydrogen) atoms. The van der Waals surface area contributed by atoms with E-state index in [-0.39, 0.29) is 18.7 Å². The van der Waals surface area contributed by atoms with Crippen LogP contribution in [0, 0.1) is 0 Å². The maximum absolute atomic E-state index is 13.5. The Hall–Kier alpha value is -4.26. The van der Waals surface area contributed by atoms with Crippen molar-refractivity contribution in [1.82, 2.24) is 19.7 Å². The van der Waals surface area contributed by atoms with Gasteiger partial charge >= 0.3 is 5.97 Å². The Morgan fingerprint density at radius 3 is 2.34 bits per heavy atom. The molecular formula is C25H20N4O3. The van der Waals surface area contributed by atoms with Crippen LogP contribution in [0.3, 0.4) is 0 Å². The number of carbonyl (C=O) groups excluding carboxylic acids is 1. The zero-order valence-electron chi connectivity index (χ0n) is 17.1. The molecule has 7 heteroatoms. The first-order chi connectivity index (χ1) is 15.6. The van der Waals surface area contributed by atoms with Crippen molar-refractivity contribution in [2.75, 3.05) is 0 Å². The minimum absolute atomic E-state index is 0.181. The predicted molar refractivity (Wildman–Crippen MR) is 118 cm³/mol. The van der Waals surface area contributed by atoms with Crippen molar-refractivity contribution >= 4 is 11.9 Å². The van der Waals surface area contributed by atoms with Crippen LogP contribution in [0.4, 0.5) is 0 Å². The largest absolute Gasteiger partial charge is 0.480 e. The van der Waals surface area contributed by atoms with Gasteiger partial charge in [0.2, 0.25) is 0 Å². The third-order valence-corrected chi connectivity index (χ3v) is 5.66. The van der Waals surface area contributed by atoms with Gasteiger partial charge in [-0.15, -0.1) is 0 Å². The normalized spacial score (nSPS) is 15.2. The number of pyridine rings is 1. The summed E-state index contributed by atoms with van der Waals surface area (Å²) in [6.45, 7) is 0.225. The first-order valence-corrected chi connectivity index (χ1v) is 10.3. The second-order valence-corrected chi connectivity index (χ2v) is 7.64. The summed E-state index contributed by atoms with van der Waals surface area (Å²) in [5, 5.41) is 14.4. The van der Waals surface area contributed by atoms with Gasteiger partial charge in [0.15, 0.2) is 11.5 Å². The lowest BCUT2D eigenvalue weighted by molar-refractivity contribution is -0.142. The molecule has 158 valence electrons. The Kier molecular flexibility index (Phi) is 4.99. The molecule has 0 fully saturated rings. The summed E-state index contributed by atoms with van der Waals surface area (Å²) in [4.78, 5) is 31.3. The fourth-order valence-corrected chi connectivity index (χ4v) is 4.06. The molecule has 1 aliphatic rings. The first-order valence-electron chi connectivity index (χ1n) is 10.3. The third kappa shape index (κ3) is 3.54. The number of amides is 1. The van der Waals surface area contributed by atoms with Crippen LogP contribution >= 0.6 is 0 Å². The van der Waals surface area contributed by atoms with Gasteiger partial charge in [0.25, 0.3) is 5.91 Å². The lowest BCUT2D eigenvalue weighted by Crippen LogP contribution is -2.48. The van der Waals surface area contributed by atoms with Crippen LogP contribution in [0.5, 0.6) is 0 Å². The minimum atomic E-state index is -1.03. The smallest absolute Gasteiger partial charge is 0.326 e. The van der Waals surface area contributed by atoms with Crippen LogP contribution in [-0.2, 0) is 17.8 Å². The van der Waals surface area contributed by atoms with Crippen LogP contribution in [0.1, 0.15) is 21.6 Å². The molecule has 0 unspecified atom stereocenters. The Morgan fingerprint density at radius 1 is 0.906 bits per heavy atom. The van der Waals surface area contributed by atoms with E-state index in [1.165, 1.54) is 4.90 Å². The SMILES string of the molecule is O=C(O)[C@@H]1Cc2ccccc2CN1C(=O)c1cc(-c2ccccc2)n(-c2ccccn2)n1. The lowest BCUT2D eigenvalue weighted by atomic mass is 9.93. The van der Waals surface area contributed by atoms with E-state index < -0.39 is 17.9 Å². The van der Waals surface area contributed by atoms with Crippen LogP contribution in [0.2, 0.25) is 0 Å². The first kappa shape index (κ1) is 19.7. The average molecular weight is 424 g/mol. The molecule has 0 aliphatic carbocycles. The molecule has 0 spiro atoms. The predicted octanol–water partition coefficient (Wildman–Crippen LogP) is 3.59. The zero-order valence-corrected chi connectivity index (χ0v) is 17.1. The number of carboxylic acids is 1. The van der Waals surface area contributed by atoms with E-state index in [4.69, 9.17) is 0 Å². The van der Waals surface area contributed by atoms with Gasteiger partial charge in [-0.1, -0.05) is 60.7 Å². The molecule has 0 saturated carbocycles. The highest BCUT2D eigenvalue weighted by atomic mass is 16.4. The number of hydrogen-bond donors (Lipinski definition) is 1. The molecule has 4 aromatic rings. The maximum atomic E-state index is 13.5. The van der Waals surface area contributed by atoms with Crippen molar-refractivity contribution in [3.63, 3.8) is 0 Å². The Balaban J connectivity index is 1.58. The third-order valence-electron chi connectivity index (χ3n) is 5.66. The summed E-state index contributed by atoms with van der Waals surface area (Å²) in [6, 6.07) is 23.4. The van der Waals surface area contributed by atoms with Gasteiger partial charge in [0.1, 0.15) is 6.04 Å². The molecule has 2 aromatic heterocycles. The van der Waals surface area contributed by atoms with Crippen molar-refractivity contribution in [2.45, 2.75) is 19.0 Å². The van der Waals surface area contributed by atoms with E-state index in [1.807, 2.05) is 72.8 Å². The average Bonchev–Trinajstić information content (AvgIpc) is 3.29. The number of aliphatic carboxylic acids is 1. The van der Waals surface area contributed by atoms with E-state index in [0.29, 0.717) is 11.5 Å². The van der Waals surface area contributed by atoms with Crippen molar-refractivity contribution in [1.29, 1.82) is 0 Å². The summed E-state index contributed by atoms with van der Waals surface area (Å²) < 4.78 is 1.62. The highest BCUT2D eigenvalue weighted by Gasteiger charge is 2.36. The van der Waals surface area contributed by atoms with Crippen LogP contribution in [-0.4, -0.2) is 42.7 Å². The van der Waals surface area contributed by atoms with Crippen molar-refractivity contribution in [3.05, 3.63) is 102 Å². The van der Waals surface area contributed by atoms with Crippen molar-refractivity contribution < 1.29 is 14.7 Å². The number of carbonyl (C=O) groups is 2. The Morgan fingerprint density at radius 2 is 1.62 bits per heavy atom. The summed E-state index contributed by atoms with van der Waals surface area (Å²) >= 11 is 0. The van der Waals surface area contributed by atoms with E-state index in [1.54, 1.807) is 16.9 Å². The topological polar surface area (TPSA) is 88.3 Å². The summed E-state index contributed by atoms with van der Waals surface area (Å²) in [6.07, 6.45) is 1.93. The molecule has 1 amide bonds. The molecule has 1 aliphatic heterocycles. The number of fused-ring (bicyclic) bond motifs is 1. The second kappa shape index (κ2) is 8.11. The van der Waals surface area contributed by atoms with E-state index in [2.05, 4.69) is 10.1 Å². The fourth-order valence-electron chi connectivity index (χ4n) is 4.06. The number of aromatic nitrogens is 3. The van der Waals surface area contributed by atoms with E-state index >= 15 is 0 Å². The molecule has 7 nitrogen and oxygen atoms in total. The van der Waals surface area contributed by atoms with Gasteiger partial charge in [-0.2, -0.15) is 5.10 Å². The maximum Gasteiger partial charge on any atom is 0.326 e. The summed E-state index contributed by atoms with van der Waals surface area (Å²) in [5.74, 6) is -0.872. The monoisotopic (exact) mass is 424 g/mol. The molecule has 1 atom stereocenters. The molecule has 1 N–H and O–H groups in total. The van der Waals surface area contributed by atoms with Crippen molar-refractivity contribution in [3.8, 4) is 17.1 Å². The number of rotatable bonds is 4. The number of benzene rings is 2. The number of hydrogen-bond acceptors (Lipinski definition) is 4. The molecular weight excluding hydrogens is 404 g/mol. The highest BCUT2D eigenvalue weighted by Crippen LogP contribution is 2.28. The zero-order chi connectivity index (χ0) is 22.1. The van der Waals surface area contributed by atoms with Gasteiger partial charge in [0.05, 0.1) is 5.69 Å². The van der Waals surface area contributed by atoms with Crippen molar-refractivity contribution in [2.24, 2.45) is 0 Å². The van der Waals surface area contributed by atoms with Gasteiger partial charge in [0, 0.05) is 24.7 Å². The second-order valence-electron chi connectivity index (χ2n) is 7.64. The highest BCUT2D eigenvalue weighted by molar-refractivity contribution is 5.96. The molecule has 0 saturated heterocycles. The quantitative estimate of drug-likeness (QED) is 0.541. The van der Waals surface area contributed by atoms with E-state index in [9.17, 15) is 14.7 Å². The van der Waals surface area contributed by atoms with Gasteiger partial charge in [-0.3, -0.25) is 4.79 Å². The fraction of sp³-hybridized carbons (Fsp3) is 0.120. The van der Waals surface area contributed by atoms with Gasteiger partial charge < -0.3 is 10.0 Å². The molecule has 3 heterocycles. The molecule has 0 bridgehead atoms. The standard InChI is InChI=1S/C25H20N4O3/c30-24(28-16-19-11-5-4-10-18(19)14-22(28)25(31)32)20-15-21(17-8-2-1-3-9-17)29(27-20)23-12-6-7-13-26-23/h1-13,15,22H,14,16H2,(H,31,32)/t22-/m0/s1.